The van der Waals surface area contributed by atoms with Crippen molar-refractivity contribution in [1.82, 2.24) is 0 Å². The van der Waals surface area contributed by atoms with E-state index in [2.05, 4.69) is 5.32 Å². The Morgan fingerprint density at radius 1 is 0.913 bits per heavy atom. The largest absolute Gasteiger partial charge is 0.499 e. The van der Waals surface area contributed by atoms with Crippen LogP contribution in [0, 0.1) is 0 Å². The van der Waals surface area contributed by atoms with Crippen molar-refractivity contribution in [1.29, 1.82) is 0 Å². The predicted molar refractivity (Wildman–Crippen MR) is 95.2 cm³/mol. The first-order valence-corrected chi connectivity index (χ1v) is 7.93. The molecule has 0 spiro atoms. The Balaban J connectivity index is 1.75. The van der Waals surface area contributed by atoms with E-state index in [0.717, 1.165) is 21.3 Å². The lowest BCUT2D eigenvalue weighted by atomic mass is 9.80. The van der Waals surface area contributed by atoms with Crippen LogP contribution in [-0.2, 0) is 6.54 Å². The second-order valence-electron chi connectivity index (χ2n) is 5.25. The van der Waals surface area contributed by atoms with E-state index in [0.29, 0.717) is 16.8 Å². The summed E-state index contributed by atoms with van der Waals surface area (Å²) >= 11 is 1.36. The minimum Gasteiger partial charge on any atom is -0.423 e. The Morgan fingerprint density at radius 3 is 2.48 bits per heavy atom. The summed E-state index contributed by atoms with van der Waals surface area (Å²) in [6.45, 7) is 0.577. The summed E-state index contributed by atoms with van der Waals surface area (Å²) in [6.07, 6.45) is 0. The first kappa shape index (κ1) is 16.0. The Bertz CT molecular complexity index is 822. The smallest absolute Gasteiger partial charge is 0.423 e. The van der Waals surface area contributed by atoms with Gasteiger partial charge in [-0.2, -0.15) is 0 Å². The van der Waals surface area contributed by atoms with E-state index in [1.165, 1.54) is 11.3 Å². The molecule has 1 heterocycles. The zero-order valence-corrected chi connectivity index (χ0v) is 13.0. The number of fused-ring (bicyclic) bond motifs is 1. The lowest BCUT2D eigenvalue weighted by Gasteiger charge is -2.08. The number of anilines is 1. The molecule has 2 aromatic carbocycles. The van der Waals surface area contributed by atoms with Gasteiger partial charge in [-0.05, 0) is 46.7 Å². The van der Waals surface area contributed by atoms with E-state index >= 15 is 0 Å². The summed E-state index contributed by atoms with van der Waals surface area (Å²) in [4.78, 5) is 0. The van der Waals surface area contributed by atoms with Crippen LogP contribution in [0.15, 0.2) is 48.5 Å². The summed E-state index contributed by atoms with van der Waals surface area (Å²) < 4.78 is 1.52. The fourth-order valence-electron chi connectivity index (χ4n) is 2.36. The number of benzene rings is 2. The van der Waals surface area contributed by atoms with Gasteiger partial charge < -0.3 is 25.4 Å². The van der Waals surface area contributed by atoms with Crippen LogP contribution in [0.4, 0.5) is 5.69 Å². The van der Waals surface area contributed by atoms with E-state index in [-0.39, 0.29) is 0 Å². The summed E-state index contributed by atoms with van der Waals surface area (Å²) in [5.41, 5.74) is 2.28. The van der Waals surface area contributed by atoms with Crippen LogP contribution in [0.5, 0.6) is 0 Å². The third-order valence-corrected chi connectivity index (χ3v) is 4.69. The molecule has 5 nitrogen and oxygen atoms in total. The third-order valence-electron chi connectivity index (χ3n) is 3.54. The highest BCUT2D eigenvalue weighted by Gasteiger charge is 2.14. The number of nitrogens with one attached hydrogen (secondary N) is 1. The van der Waals surface area contributed by atoms with E-state index in [1.807, 2.05) is 24.3 Å². The van der Waals surface area contributed by atoms with Gasteiger partial charge in [0.25, 0.3) is 0 Å². The predicted octanol–water partition coefficient (Wildman–Crippen LogP) is -0.127. The molecule has 3 rings (SSSR count). The topological polar surface area (TPSA) is 93.0 Å². The molecule has 0 atom stereocenters. The van der Waals surface area contributed by atoms with Gasteiger partial charge in [0.1, 0.15) is 0 Å². The van der Waals surface area contributed by atoms with E-state index in [4.69, 9.17) is 0 Å². The molecule has 0 radical (unpaired) electrons. The third kappa shape index (κ3) is 3.74. The van der Waals surface area contributed by atoms with Crippen molar-refractivity contribution in [3.8, 4) is 0 Å². The lowest BCUT2D eigenvalue weighted by molar-refractivity contribution is 0.425. The number of hydrogen-bond acceptors (Lipinski definition) is 6. The standard InChI is InChI=1S/C15H15B2NO4S/c19-16(20)12-2-1-3-13(8-12)18-9-10-4-5-14-11(6-10)7-15(23-14)17(21)22/h1-8,18-22H,9H2. The van der Waals surface area contributed by atoms with Gasteiger partial charge in [-0.15, -0.1) is 11.3 Å². The molecule has 0 bridgehead atoms. The zero-order valence-electron chi connectivity index (χ0n) is 12.2. The Hall–Kier alpha value is -1.83. The second kappa shape index (κ2) is 6.74. The zero-order chi connectivity index (χ0) is 16.4. The van der Waals surface area contributed by atoms with Crippen LogP contribution in [0.1, 0.15) is 5.56 Å². The van der Waals surface area contributed by atoms with Crippen LogP contribution in [0.25, 0.3) is 10.1 Å². The van der Waals surface area contributed by atoms with Gasteiger partial charge in [-0.25, -0.2) is 0 Å². The lowest BCUT2D eigenvalue weighted by Crippen LogP contribution is -2.29. The fourth-order valence-corrected chi connectivity index (χ4v) is 3.28. The minimum absolute atomic E-state index is 0.435. The highest BCUT2D eigenvalue weighted by atomic mass is 32.1. The van der Waals surface area contributed by atoms with Crippen LogP contribution in [-0.4, -0.2) is 34.3 Å². The average Bonchev–Trinajstić information content (AvgIpc) is 2.96. The van der Waals surface area contributed by atoms with Crippen LogP contribution in [0.2, 0.25) is 0 Å². The van der Waals surface area contributed by atoms with E-state index in [1.54, 1.807) is 24.3 Å². The van der Waals surface area contributed by atoms with Crippen molar-refractivity contribution in [3.63, 3.8) is 0 Å². The Kier molecular flexibility index (Phi) is 4.70. The van der Waals surface area contributed by atoms with Crippen molar-refractivity contribution < 1.29 is 20.1 Å². The molecule has 0 amide bonds. The van der Waals surface area contributed by atoms with Gasteiger partial charge in [0.15, 0.2) is 0 Å². The molecule has 0 aliphatic heterocycles. The van der Waals surface area contributed by atoms with Crippen LogP contribution < -0.4 is 15.6 Å². The highest BCUT2D eigenvalue weighted by Crippen LogP contribution is 2.21. The quantitative estimate of drug-likeness (QED) is 0.421. The van der Waals surface area contributed by atoms with Crippen molar-refractivity contribution in [2.75, 3.05) is 5.32 Å². The molecule has 0 unspecified atom stereocenters. The molecular formula is C15H15B2NO4S. The van der Waals surface area contributed by atoms with Crippen LogP contribution in [0.3, 0.4) is 0 Å². The molecule has 5 N–H and O–H groups in total. The average molecular weight is 327 g/mol. The summed E-state index contributed by atoms with van der Waals surface area (Å²) in [6, 6.07) is 14.7. The van der Waals surface area contributed by atoms with Gasteiger partial charge in [0.2, 0.25) is 0 Å². The maximum Gasteiger partial charge on any atom is 0.499 e. The number of hydrogen-bond donors (Lipinski definition) is 5. The molecule has 8 heteroatoms. The number of rotatable bonds is 5. The molecule has 0 saturated heterocycles. The summed E-state index contributed by atoms with van der Waals surface area (Å²) in [5, 5.41) is 41.0. The van der Waals surface area contributed by atoms with Gasteiger partial charge >= 0.3 is 14.2 Å². The van der Waals surface area contributed by atoms with Crippen LogP contribution >= 0.6 is 11.3 Å². The molecule has 0 aliphatic carbocycles. The monoisotopic (exact) mass is 327 g/mol. The molecule has 0 fully saturated rings. The van der Waals surface area contributed by atoms with Crippen molar-refractivity contribution in [3.05, 3.63) is 54.1 Å². The number of thiophene rings is 1. The normalized spacial score (nSPS) is 10.8. The van der Waals surface area contributed by atoms with E-state index < -0.39 is 14.2 Å². The summed E-state index contributed by atoms with van der Waals surface area (Å²) in [5.74, 6) is 0. The minimum atomic E-state index is -1.48. The molecule has 23 heavy (non-hydrogen) atoms. The van der Waals surface area contributed by atoms with Crippen molar-refractivity contribution in [2.24, 2.45) is 0 Å². The molecular weight excluding hydrogens is 312 g/mol. The molecule has 116 valence electrons. The van der Waals surface area contributed by atoms with Gasteiger partial charge in [0.05, 0.1) is 0 Å². The molecule has 1 aromatic heterocycles. The Morgan fingerprint density at radius 2 is 1.74 bits per heavy atom. The second-order valence-corrected chi connectivity index (χ2v) is 6.36. The first-order chi connectivity index (χ1) is 11.0. The molecule has 3 aromatic rings. The summed E-state index contributed by atoms with van der Waals surface area (Å²) in [7, 11) is -2.93. The maximum atomic E-state index is 9.23. The van der Waals surface area contributed by atoms with Gasteiger partial charge in [0, 0.05) is 21.7 Å². The first-order valence-electron chi connectivity index (χ1n) is 7.11. The Labute approximate surface area is 138 Å². The maximum absolute atomic E-state index is 9.23. The molecule has 0 aliphatic rings. The van der Waals surface area contributed by atoms with Crippen molar-refractivity contribution in [2.45, 2.75) is 6.54 Å². The fraction of sp³-hybridized carbons (Fsp3) is 0.0667. The molecule has 0 saturated carbocycles. The van der Waals surface area contributed by atoms with Crippen molar-refractivity contribution >= 4 is 51.6 Å². The van der Waals surface area contributed by atoms with E-state index in [9.17, 15) is 20.1 Å². The van der Waals surface area contributed by atoms with Gasteiger partial charge in [-0.3, -0.25) is 0 Å². The van der Waals surface area contributed by atoms with Gasteiger partial charge in [-0.1, -0.05) is 18.2 Å². The SMILES string of the molecule is OB(O)c1cccc(NCc2ccc3sc(B(O)O)cc3c2)c1. The highest BCUT2D eigenvalue weighted by molar-refractivity contribution is 7.27.